The minimum atomic E-state index is 0.257. The summed E-state index contributed by atoms with van der Waals surface area (Å²) >= 11 is 5.16. The summed E-state index contributed by atoms with van der Waals surface area (Å²) in [6.45, 7) is 9.41. The Labute approximate surface area is 127 Å². The average molecular weight is 292 g/mol. The van der Waals surface area contributed by atoms with Crippen LogP contribution in [0.3, 0.4) is 0 Å². The summed E-state index contributed by atoms with van der Waals surface area (Å²) in [5.74, 6) is 0. The summed E-state index contributed by atoms with van der Waals surface area (Å²) in [6.07, 6.45) is 4.86. The molecule has 0 spiro atoms. The molecular weight excluding hydrogens is 268 g/mol. The van der Waals surface area contributed by atoms with Crippen LogP contribution in [-0.4, -0.2) is 52.0 Å². The number of nitrogens with two attached hydrogens (primary N) is 1. The monoisotopic (exact) mass is 292 g/mol. The smallest absolute Gasteiger partial charge is 0.0901 e. The van der Waals surface area contributed by atoms with Gasteiger partial charge in [-0.1, -0.05) is 25.2 Å². The van der Waals surface area contributed by atoms with Crippen LogP contribution in [0.25, 0.3) is 0 Å². The van der Waals surface area contributed by atoms with E-state index >= 15 is 0 Å². The Morgan fingerprint density at radius 2 is 2.05 bits per heavy atom. The summed E-state index contributed by atoms with van der Waals surface area (Å²) < 4.78 is 0. The summed E-state index contributed by atoms with van der Waals surface area (Å²) in [5, 5.41) is 0. The third kappa shape index (κ3) is 3.98. The Morgan fingerprint density at radius 1 is 1.35 bits per heavy atom. The lowest BCUT2D eigenvalue weighted by Gasteiger charge is -2.38. The number of piperazine rings is 1. The van der Waals surface area contributed by atoms with Crippen LogP contribution in [0.2, 0.25) is 0 Å². The van der Waals surface area contributed by atoms with Gasteiger partial charge in [0, 0.05) is 45.1 Å². The standard InChI is InChI=1S/C15H24N4S/c1-3-14(15(16)20)19-6-4-18(5-7-19)11-13-8-12(2)9-17-10-13/h8-10,14H,3-7,11H2,1-2H3,(H2,16,20). The minimum absolute atomic E-state index is 0.257. The van der Waals surface area contributed by atoms with E-state index in [-0.39, 0.29) is 6.04 Å². The average Bonchev–Trinajstić information content (AvgIpc) is 2.41. The maximum Gasteiger partial charge on any atom is 0.0901 e. The van der Waals surface area contributed by atoms with E-state index < -0.39 is 0 Å². The molecule has 0 radical (unpaired) electrons. The molecule has 1 aromatic heterocycles. The van der Waals surface area contributed by atoms with Crippen molar-refractivity contribution >= 4 is 17.2 Å². The quantitative estimate of drug-likeness (QED) is 0.835. The van der Waals surface area contributed by atoms with Crippen LogP contribution in [0.5, 0.6) is 0 Å². The molecule has 1 aliphatic heterocycles. The van der Waals surface area contributed by atoms with Crippen LogP contribution in [0, 0.1) is 6.92 Å². The maximum absolute atomic E-state index is 5.82. The zero-order valence-corrected chi connectivity index (χ0v) is 13.2. The van der Waals surface area contributed by atoms with Crippen LogP contribution in [-0.2, 0) is 6.54 Å². The van der Waals surface area contributed by atoms with E-state index in [1.807, 2.05) is 12.4 Å². The van der Waals surface area contributed by atoms with Gasteiger partial charge in [-0.05, 0) is 24.5 Å². The first-order chi connectivity index (χ1) is 9.60. The molecule has 1 atom stereocenters. The van der Waals surface area contributed by atoms with Gasteiger partial charge in [-0.3, -0.25) is 14.8 Å². The Bertz CT molecular complexity index is 455. The molecule has 0 saturated carbocycles. The van der Waals surface area contributed by atoms with E-state index in [9.17, 15) is 0 Å². The van der Waals surface area contributed by atoms with E-state index in [2.05, 4.69) is 34.7 Å². The number of hydrogen-bond donors (Lipinski definition) is 1. The second kappa shape index (κ2) is 7.11. The largest absolute Gasteiger partial charge is 0.392 e. The number of rotatable bonds is 5. The first kappa shape index (κ1) is 15.4. The van der Waals surface area contributed by atoms with Crippen LogP contribution in [0.15, 0.2) is 18.5 Å². The van der Waals surface area contributed by atoms with E-state index in [4.69, 9.17) is 18.0 Å². The van der Waals surface area contributed by atoms with Gasteiger partial charge in [0.05, 0.1) is 11.0 Å². The van der Waals surface area contributed by atoms with E-state index in [0.717, 1.165) is 39.1 Å². The minimum Gasteiger partial charge on any atom is -0.392 e. The van der Waals surface area contributed by atoms with Crippen LogP contribution in [0.4, 0.5) is 0 Å². The zero-order chi connectivity index (χ0) is 14.5. The molecule has 0 bridgehead atoms. The highest BCUT2D eigenvalue weighted by atomic mass is 32.1. The predicted molar refractivity (Wildman–Crippen MR) is 86.7 cm³/mol. The molecule has 2 N–H and O–H groups in total. The fourth-order valence-electron chi connectivity index (χ4n) is 2.83. The fraction of sp³-hybridized carbons (Fsp3) is 0.600. The summed E-state index contributed by atoms with van der Waals surface area (Å²) in [5.41, 5.74) is 8.34. The lowest BCUT2D eigenvalue weighted by atomic mass is 10.1. The molecule has 1 fully saturated rings. The number of pyridine rings is 1. The Hall–Kier alpha value is -1.04. The first-order valence-corrected chi connectivity index (χ1v) is 7.67. The lowest BCUT2D eigenvalue weighted by Crippen LogP contribution is -2.53. The molecule has 0 aromatic carbocycles. The highest BCUT2D eigenvalue weighted by molar-refractivity contribution is 7.80. The van der Waals surface area contributed by atoms with Crippen molar-refractivity contribution in [2.24, 2.45) is 5.73 Å². The Kier molecular flexibility index (Phi) is 5.46. The van der Waals surface area contributed by atoms with Gasteiger partial charge < -0.3 is 5.73 Å². The lowest BCUT2D eigenvalue weighted by molar-refractivity contribution is 0.111. The summed E-state index contributed by atoms with van der Waals surface area (Å²) in [7, 11) is 0. The molecule has 5 heteroatoms. The van der Waals surface area contributed by atoms with Gasteiger partial charge in [0.2, 0.25) is 0 Å². The number of nitrogens with zero attached hydrogens (tertiary/aromatic N) is 3. The van der Waals surface area contributed by atoms with Crippen molar-refractivity contribution in [3.63, 3.8) is 0 Å². The van der Waals surface area contributed by atoms with Gasteiger partial charge in [-0.25, -0.2) is 0 Å². The van der Waals surface area contributed by atoms with E-state index in [1.54, 1.807) is 0 Å². The van der Waals surface area contributed by atoms with E-state index in [1.165, 1.54) is 11.1 Å². The molecule has 1 saturated heterocycles. The van der Waals surface area contributed by atoms with Gasteiger partial charge in [-0.2, -0.15) is 0 Å². The van der Waals surface area contributed by atoms with Crippen molar-refractivity contribution in [2.45, 2.75) is 32.9 Å². The third-order valence-corrected chi connectivity index (χ3v) is 4.17. The fourth-order valence-corrected chi connectivity index (χ4v) is 3.15. The van der Waals surface area contributed by atoms with Crippen molar-refractivity contribution in [3.05, 3.63) is 29.6 Å². The molecule has 1 aliphatic rings. The summed E-state index contributed by atoms with van der Waals surface area (Å²) in [6, 6.07) is 2.47. The van der Waals surface area contributed by atoms with Crippen LogP contribution < -0.4 is 5.73 Å². The molecule has 110 valence electrons. The topological polar surface area (TPSA) is 45.4 Å². The molecule has 2 heterocycles. The summed E-state index contributed by atoms with van der Waals surface area (Å²) in [4.78, 5) is 9.77. The SMILES string of the molecule is CCC(C(N)=S)N1CCN(Cc2cncc(C)c2)CC1. The molecule has 1 unspecified atom stereocenters. The molecule has 20 heavy (non-hydrogen) atoms. The molecular formula is C15H24N4S. The Balaban J connectivity index is 1.86. The number of thiocarbonyl (C=S) groups is 1. The maximum atomic E-state index is 5.82. The van der Waals surface area contributed by atoms with Gasteiger partial charge in [0.15, 0.2) is 0 Å². The molecule has 1 aromatic rings. The highest BCUT2D eigenvalue weighted by Crippen LogP contribution is 2.12. The van der Waals surface area contributed by atoms with Crippen molar-refractivity contribution < 1.29 is 0 Å². The number of hydrogen-bond acceptors (Lipinski definition) is 4. The molecule has 0 amide bonds. The molecule has 2 rings (SSSR count). The van der Waals surface area contributed by atoms with Crippen molar-refractivity contribution in [3.8, 4) is 0 Å². The van der Waals surface area contributed by atoms with Gasteiger partial charge in [0.1, 0.15) is 0 Å². The van der Waals surface area contributed by atoms with Gasteiger partial charge in [-0.15, -0.1) is 0 Å². The van der Waals surface area contributed by atoms with Crippen molar-refractivity contribution in [2.75, 3.05) is 26.2 Å². The third-order valence-electron chi connectivity index (χ3n) is 3.90. The highest BCUT2D eigenvalue weighted by Gasteiger charge is 2.24. The number of aryl methyl sites for hydroxylation is 1. The van der Waals surface area contributed by atoms with Crippen LogP contribution in [0.1, 0.15) is 24.5 Å². The van der Waals surface area contributed by atoms with Gasteiger partial charge >= 0.3 is 0 Å². The first-order valence-electron chi connectivity index (χ1n) is 7.26. The van der Waals surface area contributed by atoms with Gasteiger partial charge in [0.25, 0.3) is 0 Å². The number of aromatic nitrogens is 1. The normalized spacial score (nSPS) is 18.9. The second-order valence-corrected chi connectivity index (χ2v) is 5.98. The van der Waals surface area contributed by atoms with Crippen LogP contribution >= 0.6 is 12.2 Å². The second-order valence-electron chi connectivity index (χ2n) is 5.51. The molecule has 4 nitrogen and oxygen atoms in total. The zero-order valence-electron chi connectivity index (χ0n) is 12.4. The molecule has 0 aliphatic carbocycles. The van der Waals surface area contributed by atoms with E-state index in [0.29, 0.717) is 4.99 Å². The van der Waals surface area contributed by atoms with Crippen molar-refractivity contribution in [1.82, 2.24) is 14.8 Å². The Morgan fingerprint density at radius 3 is 2.60 bits per heavy atom. The predicted octanol–water partition coefficient (Wildman–Crippen LogP) is 1.57. The van der Waals surface area contributed by atoms with Crippen molar-refractivity contribution in [1.29, 1.82) is 0 Å².